The first-order valence-electron chi connectivity index (χ1n) is 10.5. The van der Waals surface area contributed by atoms with Crippen molar-refractivity contribution in [2.24, 2.45) is 0 Å². The van der Waals surface area contributed by atoms with Crippen molar-refractivity contribution in [3.63, 3.8) is 0 Å². The average molecular weight is 447 g/mol. The van der Waals surface area contributed by atoms with Gasteiger partial charge in [0.05, 0.1) is 18.1 Å². The quantitative estimate of drug-likeness (QED) is 0.402. The lowest BCUT2D eigenvalue weighted by atomic mass is 10.0. The van der Waals surface area contributed by atoms with Gasteiger partial charge in [-0.2, -0.15) is 0 Å². The highest BCUT2D eigenvalue weighted by atomic mass is 32.2. The van der Waals surface area contributed by atoms with Crippen molar-refractivity contribution in [1.82, 2.24) is 20.4 Å². The van der Waals surface area contributed by atoms with Gasteiger partial charge in [-0.1, -0.05) is 23.4 Å². The van der Waals surface area contributed by atoms with Crippen LogP contribution in [0.15, 0.2) is 70.3 Å². The third-order valence-corrected chi connectivity index (χ3v) is 6.75. The van der Waals surface area contributed by atoms with Crippen molar-refractivity contribution in [3.8, 4) is 34.0 Å². The van der Waals surface area contributed by atoms with Crippen LogP contribution in [0.25, 0.3) is 34.0 Å². The standard InChI is InChI=1S/C25H26N4O2S/c1-16(2)32(30)20-8-6-19(7-9-20)23-14-27-15-24(28-23)25-12-22(29-31-25)21-10-5-18(13-26-4)11-17(21)3/h5-12,14-16,26H,13H2,1-4H3. The lowest BCUT2D eigenvalue weighted by molar-refractivity contribution is 0.433. The van der Waals surface area contributed by atoms with E-state index in [-0.39, 0.29) is 5.25 Å². The van der Waals surface area contributed by atoms with Gasteiger partial charge in [0.1, 0.15) is 16.6 Å². The molecule has 2 heterocycles. The summed E-state index contributed by atoms with van der Waals surface area (Å²) in [6.07, 6.45) is 3.37. The predicted octanol–water partition coefficient (Wildman–Crippen LogP) is 5.01. The lowest BCUT2D eigenvalue weighted by Crippen LogP contribution is -2.13. The molecule has 6 nitrogen and oxygen atoms in total. The first-order valence-corrected chi connectivity index (χ1v) is 11.7. The predicted molar refractivity (Wildman–Crippen MR) is 127 cm³/mol. The molecule has 4 aromatic rings. The molecular formula is C25H26N4O2S. The Labute approximate surface area is 191 Å². The number of benzene rings is 2. The van der Waals surface area contributed by atoms with Crippen LogP contribution in [0.3, 0.4) is 0 Å². The minimum atomic E-state index is -1.02. The number of rotatable bonds is 7. The molecule has 0 aliphatic carbocycles. The maximum atomic E-state index is 12.3. The van der Waals surface area contributed by atoms with E-state index in [0.717, 1.165) is 39.5 Å². The van der Waals surface area contributed by atoms with Crippen molar-refractivity contribution in [1.29, 1.82) is 0 Å². The van der Waals surface area contributed by atoms with Gasteiger partial charge >= 0.3 is 0 Å². The van der Waals surface area contributed by atoms with Gasteiger partial charge in [0.2, 0.25) is 0 Å². The molecule has 2 aromatic carbocycles. The monoisotopic (exact) mass is 446 g/mol. The minimum Gasteiger partial charge on any atom is -0.611 e. The molecule has 4 rings (SSSR count). The van der Waals surface area contributed by atoms with Crippen LogP contribution in [-0.2, 0) is 17.7 Å². The van der Waals surface area contributed by atoms with Gasteiger partial charge in [-0.3, -0.25) is 4.98 Å². The molecule has 7 heteroatoms. The molecule has 0 fully saturated rings. The number of nitrogens with zero attached hydrogens (tertiary/aromatic N) is 3. The summed E-state index contributed by atoms with van der Waals surface area (Å²) in [5.74, 6) is 0.561. The molecule has 0 spiro atoms. The highest BCUT2D eigenvalue weighted by Crippen LogP contribution is 2.29. The van der Waals surface area contributed by atoms with Gasteiger partial charge in [0, 0.05) is 23.7 Å². The number of hydrogen-bond acceptors (Lipinski definition) is 6. The lowest BCUT2D eigenvalue weighted by Gasteiger charge is -2.14. The van der Waals surface area contributed by atoms with E-state index in [9.17, 15) is 4.55 Å². The van der Waals surface area contributed by atoms with E-state index in [2.05, 4.69) is 40.6 Å². The van der Waals surface area contributed by atoms with E-state index in [1.165, 1.54) is 5.56 Å². The van der Waals surface area contributed by atoms with Crippen molar-refractivity contribution in [2.45, 2.75) is 37.5 Å². The Morgan fingerprint density at radius 1 is 1.00 bits per heavy atom. The van der Waals surface area contributed by atoms with Crippen LogP contribution in [-0.4, -0.2) is 32.0 Å². The smallest absolute Gasteiger partial charge is 0.187 e. The Kier molecular flexibility index (Phi) is 6.69. The van der Waals surface area contributed by atoms with Gasteiger partial charge in [0.25, 0.3) is 0 Å². The third-order valence-electron chi connectivity index (χ3n) is 5.16. The van der Waals surface area contributed by atoms with Gasteiger partial charge in [-0.25, -0.2) is 4.98 Å². The van der Waals surface area contributed by atoms with Crippen molar-refractivity contribution < 1.29 is 9.08 Å². The van der Waals surface area contributed by atoms with E-state index >= 15 is 0 Å². The zero-order valence-electron chi connectivity index (χ0n) is 18.6. The molecule has 1 N–H and O–H groups in total. The van der Waals surface area contributed by atoms with Gasteiger partial charge < -0.3 is 14.4 Å². The average Bonchev–Trinajstić information content (AvgIpc) is 3.29. The summed E-state index contributed by atoms with van der Waals surface area (Å²) in [4.78, 5) is 9.86. The van der Waals surface area contributed by atoms with Crippen LogP contribution in [0, 0.1) is 6.92 Å². The maximum absolute atomic E-state index is 12.3. The van der Waals surface area contributed by atoms with Gasteiger partial charge in [-0.05, 0) is 74.4 Å². The molecule has 0 saturated carbocycles. The first-order chi connectivity index (χ1) is 15.5. The van der Waals surface area contributed by atoms with Crippen LogP contribution in [0.1, 0.15) is 25.0 Å². The highest BCUT2D eigenvalue weighted by Gasteiger charge is 2.16. The van der Waals surface area contributed by atoms with Crippen LogP contribution in [0.2, 0.25) is 0 Å². The fraction of sp³-hybridized carbons (Fsp3) is 0.240. The van der Waals surface area contributed by atoms with Gasteiger partial charge in [0.15, 0.2) is 10.7 Å². The van der Waals surface area contributed by atoms with E-state index in [1.54, 1.807) is 12.4 Å². The molecule has 0 saturated heterocycles. The normalized spacial score (nSPS) is 12.3. The summed E-state index contributed by atoms with van der Waals surface area (Å²) in [6, 6.07) is 15.8. The second-order valence-corrected chi connectivity index (χ2v) is 9.93. The molecule has 0 aliphatic heterocycles. The minimum absolute atomic E-state index is 0.0766. The molecule has 164 valence electrons. The Morgan fingerprint density at radius 3 is 2.44 bits per heavy atom. The molecule has 32 heavy (non-hydrogen) atoms. The molecule has 1 atom stereocenters. The fourth-order valence-electron chi connectivity index (χ4n) is 3.51. The fourth-order valence-corrected chi connectivity index (χ4v) is 4.45. The summed E-state index contributed by atoms with van der Waals surface area (Å²) in [5.41, 5.74) is 6.38. The van der Waals surface area contributed by atoms with Crippen LogP contribution >= 0.6 is 0 Å². The zero-order valence-corrected chi connectivity index (χ0v) is 19.4. The van der Waals surface area contributed by atoms with Crippen LogP contribution in [0.4, 0.5) is 0 Å². The van der Waals surface area contributed by atoms with E-state index < -0.39 is 11.2 Å². The number of hydrogen-bond donors (Lipinski definition) is 1. The summed E-state index contributed by atoms with van der Waals surface area (Å²) >= 11 is -1.02. The SMILES string of the molecule is CNCc1ccc(-c2cc(-c3cncc(-c4ccc([S+]([O-])C(C)C)cc4)n3)on2)c(C)c1. The van der Waals surface area contributed by atoms with Crippen LogP contribution < -0.4 is 5.32 Å². The topological polar surface area (TPSA) is 86.9 Å². The third kappa shape index (κ3) is 4.75. The van der Waals surface area contributed by atoms with E-state index in [0.29, 0.717) is 11.5 Å². The molecule has 0 aliphatic rings. The van der Waals surface area contributed by atoms with Crippen molar-refractivity contribution >= 4 is 11.2 Å². The van der Waals surface area contributed by atoms with E-state index in [4.69, 9.17) is 9.51 Å². The number of aryl methyl sites for hydroxylation is 1. The van der Waals surface area contributed by atoms with E-state index in [1.807, 2.05) is 51.2 Å². The zero-order chi connectivity index (χ0) is 22.7. The highest BCUT2D eigenvalue weighted by molar-refractivity contribution is 7.92. The molecule has 0 amide bonds. The largest absolute Gasteiger partial charge is 0.611 e. The second-order valence-electron chi connectivity index (χ2n) is 7.92. The Morgan fingerprint density at radius 2 is 1.75 bits per heavy atom. The summed E-state index contributed by atoms with van der Waals surface area (Å²) in [6.45, 7) is 6.78. The molecular weight excluding hydrogens is 420 g/mol. The number of nitrogens with one attached hydrogen (secondary N) is 1. The Bertz CT molecular complexity index is 1200. The second kappa shape index (κ2) is 9.65. The molecule has 0 bridgehead atoms. The van der Waals surface area contributed by atoms with Crippen LogP contribution in [0.5, 0.6) is 0 Å². The Hall–Kier alpha value is -3.00. The van der Waals surface area contributed by atoms with Gasteiger partial charge in [-0.15, -0.1) is 0 Å². The summed E-state index contributed by atoms with van der Waals surface area (Å²) in [7, 11) is 1.93. The molecule has 0 radical (unpaired) electrons. The molecule has 2 aromatic heterocycles. The van der Waals surface area contributed by atoms with Crippen molar-refractivity contribution in [3.05, 3.63) is 72.1 Å². The Balaban J connectivity index is 1.59. The van der Waals surface area contributed by atoms with Crippen molar-refractivity contribution in [2.75, 3.05) is 7.05 Å². The molecule has 1 unspecified atom stereocenters. The summed E-state index contributed by atoms with van der Waals surface area (Å²) < 4.78 is 17.9. The number of aromatic nitrogens is 3. The maximum Gasteiger partial charge on any atom is 0.187 e. The summed E-state index contributed by atoms with van der Waals surface area (Å²) in [5, 5.41) is 7.50. The first kappa shape index (κ1) is 22.2.